The predicted octanol–water partition coefficient (Wildman–Crippen LogP) is 4.15. The predicted molar refractivity (Wildman–Crippen MR) is 111 cm³/mol. The number of rotatable bonds is 6. The van der Waals surface area contributed by atoms with E-state index in [1.807, 2.05) is 73.7 Å². The molecule has 0 saturated carbocycles. The molecule has 0 aromatic heterocycles. The summed E-state index contributed by atoms with van der Waals surface area (Å²) in [4.78, 5) is 23.9. The van der Waals surface area contributed by atoms with Crippen molar-refractivity contribution in [1.82, 2.24) is 10.6 Å². The van der Waals surface area contributed by atoms with Crippen molar-refractivity contribution in [3.8, 4) is 0 Å². The molecule has 0 fully saturated rings. The quantitative estimate of drug-likeness (QED) is 0.683. The zero-order chi connectivity index (χ0) is 19.9. The Labute approximate surface area is 165 Å². The van der Waals surface area contributed by atoms with Crippen molar-refractivity contribution < 1.29 is 9.59 Å². The van der Waals surface area contributed by atoms with Crippen LogP contribution in [0.25, 0.3) is 0 Å². The van der Waals surface area contributed by atoms with Gasteiger partial charge in [-0.25, -0.2) is 0 Å². The lowest BCUT2D eigenvalue weighted by Gasteiger charge is -2.20. The van der Waals surface area contributed by atoms with Crippen LogP contribution in [0.15, 0.2) is 78.9 Å². The van der Waals surface area contributed by atoms with Crippen molar-refractivity contribution in [2.75, 3.05) is 0 Å². The van der Waals surface area contributed by atoms with Crippen LogP contribution in [-0.4, -0.2) is 11.8 Å². The van der Waals surface area contributed by atoms with E-state index in [1.54, 1.807) is 12.1 Å². The summed E-state index contributed by atoms with van der Waals surface area (Å²) in [6, 6.07) is 25.2. The largest absolute Gasteiger partial charge is 0.352 e. The standard InChI is InChI=1S/C24H24N2O2/c1-17-8-12-21(13-9-17)23(20-6-4-3-5-7-20)26-24(28)22-14-10-19(11-15-22)16-25-18(2)27/h3-15,23H,16H2,1-2H3,(H,25,27)(H,26,28). The number of nitrogens with one attached hydrogen (secondary N) is 2. The van der Waals surface area contributed by atoms with Gasteiger partial charge in [0.1, 0.15) is 0 Å². The summed E-state index contributed by atoms with van der Waals surface area (Å²) < 4.78 is 0. The normalized spacial score (nSPS) is 11.5. The van der Waals surface area contributed by atoms with Gasteiger partial charge in [0.25, 0.3) is 5.91 Å². The summed E-state index contributed by atoms with van der Waals surface area (Å²) in [6.45, 7) is 3.98. The maximum absolute atomic E-state index is 12.9. The van der Waals surface area contributed by atoms with Crippen LogP contribution >= 0.6 is 0 Å². The summed E-state index contributed by atoms with van der Waals surface area (Å²) in [6.07, 6.45) is 0. The zero-order valence-electron chi connectivity index (χ0n) is 16.1. The first-order valence-corrected chi connectivity index (χ1v) is 9.28. The minimum absolute atomic E-state index is 0.0781. The first-order valence-electron chi connectivity index (χ1n) is 9.28. The molecule has 0 saturated heterocycles. The second kappa shape index (κ2) is 9.00. The van der Waals surface area contributed by atoms with Gasteiger partial charge in [-0.2, -0.15) is 0 Å². The number of carbonyl (C=O) groups excluding carboxylic acids is 2. The van der Waals surface area contributed by atoms with Crippen LogP contribution in [0.4, 0.5) is 0 Å². The first kappa shape index (κ1) is 19.4. The van der Waals surface area contributed by atoms with Gasteiger partial charge in [-0.05, 0) is 35.7 Å². The molecule has 0 heterocycles. The van der Waals surface area contributed by atoms with Crippen molar-refractivity contribution in [2.45, 2.75) is 26.4 Å². The third-order valence-electron chi connectivity index (χ3n) is 4.58. The number of amides is 2. The van der Waals surface area contributed by atoms with Crippen LogP contribution in [0, 0.1) is 6.92 Å². The molecule has 2 amide bonds. The second-order valence-corrected chi connectivity index (χ2v) is 6.83. The molecule has 3 aromatic carbocycles. The van der Waals surface area contributed by atoms with Gasteiger partial charge < -0.3 is 10.6 Å². The zero-order valence-corrected chi connectivity index (χ0v) is 16.1. The summed E-state index contributed by atoms with van der Waals surface area (Å²) in [5.74, 6) is -0.217. The molecule has 0 bridgehead atoms. The Morgan fingerprint density at radius 2 is 1.43 bits per heavy atom. The molecular weight excluding hydrogens is 348 g/mol. The van der Waals surface area contributed by atoms with Crippen LogP contribution in [-0.2, 0) is 11.3 Å². The fourth-order valence-electron chi connectivity index (χ4n) is 2.98. The fourth-order valence-corrected chi connectivity index (χ4v) is 2.98. The number of aryl methyl sites for hydroxylation is 1. The molecule has 1 atom stereocenters. The monoisotopic (exact) mass is 372 g/mol. The van der Waals surface area contributed by atoms with E-state index in [0.717, 1.165) is 16.7 Å². The van der Waals surface area contributed by atoms with Crippen molar-refractivity contribution >= 4 is 11.8 Å². The average Bonchev–Trinajstić information content (AvgIpc) is 2.72. The Balaban J connectivity index is 1.79. The van der Waals surface area contributed by atoms with Crippen molar-refractivity contribution in [1.29, 1.82) is 0 Å². The molecule has 0 aliphatic heterocycles. The highest BCUT2D eigenvalue weighted by molar-refractivity contribution is 5.94. The van der Waals surface area contributed by atoms with Gasteiger partial charge in [-0.1, -0.05) is 72.3 Å². The molecule has 3 rings (SSSR count). The Morgan fingerprint density at radius 3 is 2.04 bits per heavy atom. The number of hydrogen-bond donors (Lipinski definition) is 2. The van der Waals surface area contributed by atoms with Gasteiger partial charge in [0.05, 0.1) is 6.04 Å². The van der Waals surface area contributed by atoms with Crippen LogP contribution in [0.1, 0.15) is 45.6 Å². The minimum Gasteiger partial charge on any atom is -0.352 e. The lowest BCUT2D eigenvalue weighted by molar-refractivity contribution is -0.119. The van der Waals surface area contributed by atoms with Gasteiger partial charge in [0, 0.05) is 19.0 Å². The maximum atomic E-state index is 12.9. The first-order chi connectivity index (χ1) is 13.5. The van der Waals surface area contributed by atoms with E-state index in [1.165, 1.54) is 12.5 Å². The SMILES string of the molecule is CC(=O)NCc1ccc(C(=O)NC(c2ccccc2)c2ccc(C)cc2)cc1. The Kier molecular flexibility index (Phi) is 6.22. The van der Waals surface area contributed by atoms with Gasteiger partial charge in [0.15, 0.2) is 0 Å². The molecule has 1 unspecified atom stereocenters. The molecule has 0 radical (unpaired) electrons. The van der Waals surface area contributed by atoms with Crippen LogP contribution in [0.2, 0.25) is 0 Å². The number of carbonyl (C=O) groups is 2. The molecule has 4 nitrogen and oxygen atoms in total. The summed E-state index contributed by atoms with van der Waals surface area (Å²) >= 11 is 0. The maximum Gasteiger partial charge on any atom is 0.252 e. The highest BCUT2D eigenvalue weighted by atomic mass is 16.2. The molecule has 0 aliphatic rings. The minimum atomic E-state index is -0.228. The lowest BCUT2D eigenvalue weighted by atomic mass is 9.97. The third kappa shape index (κ3) is 5.07. The van der Waals surface area contributed by atoms with Crippen LogP contribution in [0.5, 0.6) is 0 Å². The molecule has 2 N–H and O–H groups in total. The molecule has 0 spiro atoms. The number of hydrogen-bond acceptors (Lipinski definition) is 2. The third-order valence-corrected chi connectivity index (χ3v) is 4.58. The van der Waals surface area contributed by atoms with E-state index >= 15 is 0 Å². The smallest absolute Gasteiger partial charge is 0.252 e. The average molecular weight is 372 g/mol. The van der Waals surface area contributed by atoms with E-state index in [-0.39, 0.29) is 17.9 Å². The van der Waals surface area contributed by atoms with Gasteiger partial charge in [0.2, 0.25) is 5.91 Å². The molecular formula is C24H24N2O2. The van der Waals surface area contributed by atoms with E-state index in [2.05, 4.69) is 10.6 Å². The number of benzene rings is 3. The van der Waals surface area contributed by atoms with E-state index in [9.17, 15) is 9.59 Å². The Hall–Kier alpha value is -3.40. The Bertz CT molecular complexity index is 933. The molecule has 3 aromatic rings. The van der Waals surface area contributed by atoms with Crippen molar-refractivity contribution in [3.05, 3.63) is 107 Å². The van der Waals surface area contributed by atoms with Crippen molar-refractivity contribution in [3.63, 3.8) is 0 Å². The van der Waals surface area contributed by atoms with Gasteiger partial charge in [-0.15, -0.1) is 0 Å². The summed E-state index contributed by atoms with van der Waals surface area (Å²) in [7, 11) is 0. The summed E-state index contributed by atoms with van der Waals surface area (Å²) in [5, 5.41) is 5.90. The highest BCUT2D eigenvalue weighted by Gasteiger charge is 2.17. The van der Waals surface area contributed by atoms with E-state index in [4.69, 9.17) is 0 Å². The van der Waals surface area contributed by atoms with Crippen molar-refractivity contribution in [2.24, 2.45) is 0 Å². The summed E-state index contributed by atoms with van der Waals surface area (Å²) in [5.41, 5.74) is 4.77. The van der Waals surface area contributed by atoms with E-state index in [0.29, 0.717) is 12.1 Å². The molecule has 0 aliphatic carbocycles. The topological polar surface area (TPSA) is 58.2 Å². The highest BCUT2D eigenvalue weighted by Crippen LogP contribution is 2.23. The van der Waals surface area contributed by atoms with Gasteiger partial charge in [-0.3, -0.25) is 9.59 Å². The van der Waals surface area contributed by atoms with Crippen LogP contribution in [0.3, 0.4) is 0 Å². The Morgan fingerprint density at radius 1 is 0.821 bits per heavy atom. The lowest BCUT2D eigenvalue weighted by Crippen LogP contribution is -2.29. The molecule has 28 heavy (non-hydrogen) atoms. The molecule has 142 valence electrons. The molecule has 4 heteroatoms. The second-order valence-electron chi connectivity index (χ2n) is 6.83. The van der Waals surface area contributed by atoms with Crippen LogP contribution < -0.4 is 10.6 Å². The fraction of sp³-hybridized carbons (Fsp3) is 0.167. The van der Waals surface area contributed by atoms with Gasteiger partial charge >= 0.3 is 0 Å². The van der Waals surface area contributed by atoms with E-state index < -0.39 is 0 Å².